The number of nitrogens with two attached hydrogens (primary N) is 1. The average molecular weight is 453 g/mol. The third kappa shape index (κ3) is 4.10. The second kappa shape index (κ2) is 9.03. The van der Waals surface area contributed by atoms with E-state index in [1.807, 2.05) is 43.6 Å². The van der Waals surface area contributed by atoms with Crippen LogP contribution in [-0.4, -0.2) is 31.7 Å². The highest BCUT2D eigenvalue weighted by molar-refractivity contribution is 5.82. The molecule has 6 heteroatoms. The minimum absolute atomic E-state index is 0.239. The molecule has 4 aromatic rings. The molecule has 0 bridgehead atoms. The van der Waals surface area contributed by atoms with E-state index in [1.54, 1.807) is 4.52 Å². The Morgan fingerprint density at radius 3 is 2.59 bits per heavy atom. The highest BCUT2D eigenvalue weighted by atomic mass is 15.3. The molecule has 0 amide bonds. The van der Waals surface area contributed by atoms with Crippen LogP contribution in [0.5, 0.6) is 0 Å². The lowest BCUT2D eigenvalue weighted by Gasteiger charge is -2.21. The molecule has 1 aliphatic rings. The lowest BCUT2D eigenvalue weighted by Crippen LogP contribution is -2.28. The predicted molar refractivity (Wildman–Crippen MR) is 139 cm³/mol. The van der Waals surface area contributed by atoms with Crippen molar-refractivity contribution in [3.63, 3.8) is 0 Å². The van der Waals surface area contributed by atoms with Gasteiger partial charge < -0.3 is 11.1 Å². The Morgan fingerprint density at radius 1 is 1.15 bits per heavy atom. The van der Waals surface area contributed by atoms with Gasteiger partial charge in [-0.15, -0.1) is 0 Å². The smallest absolute Gasteiger partial charge is 0.165 e. The van der Waals surface area contributed by atoms with Gasteiger partial charge in [-0.2, -0.15) is 9.61 Å². The number of fused-ring (bicyclic) bond motifs is 1. The molecule has 174 valence electrons. The molecule has 3 atom stereocenters. The maximum atomic E-state index is 6.65. The monoisotopic (exact) mass is 452 g/mol. The van der Waals surface area contributed by atoms with Gasteiger partial charge in [0, 0.05) is 46.5 Å². The topological polar surface area (TPSA) is 81.1 Å². The molecule has 0 spiro atoms. The zero-order chi connectivity index (χ0) is 23.8. The van der Waals surface area contributed by atoms with Crippen LogP contribution in [-0.2, 0) is 0 Å². The number of hydrogen-bond acceptors (Lipinski definition) is 5. The number of anilines is 1. The minimum atomic E-state index is 0.239. The van der Waals surface area contributed by atoms with E-state index in [0.717, 1.165) is 51.3 Å². The fraction of sp³-hybridized carbons (Fsp3) is 0.321. The van der Waals surface area contributed by atoms with Gasteiger partial charge in [0.15, 0.2) is 5.65 Å². The lowest BCUT2D eigenvalue weighted by molar-refractivity contribution is 0.484. The van der Waals surface area contributed by atoms with Crippen molar-refractivity contribution in [1.29, 1.82) is 0 Å². The van der Waals surface area contributed by atoms with Crippen molar-refractivity contribution in [2.75, 3.05) is 5.73 Å². The molecule has 1 aromatic carbocycles. The normalized spacial score (nSPS) is 18.9. The quantitative estimate of drug-likeness (QED) is 0.392. The summed E-state index contributed by atoms with van der Waals surface area (Å²) in [5.74, 6) is 0.829. The van der Waals surface area contributed by atoms with E-state index in [0.29, 0.717) is 17.9 Å². The summed E-state index contributed by atoms with van der Waals surface area (Å²) in [4.78, 5) is 9.83. The van der Waals surface area contributed by atoms with E-state index < -0.39 is 0 Å². The Hall–Kier alpha value is -3.51. The molecule has 6 nitrogen and oxygen atoms in total. The second-order valence-corrected chi connectivity index (χ2v) is 9.61. The molecule has 3 N–H and O–H groups in total. The van der Waals surface area contributed by atoms with Gasteiger partial charge in [0.2, 0.25) is 0 Å². The summed E-state index contributed by atoms with van der Waals surface area (Å²) >= 11 is 0. The third-order valence-electron chi connectivity index (χ3n) is 6.85. The molecular formula is C28H32N6. The first-order chi connectivity index (χ1) is 16.4. The molecule has 1 aliphatic heterocycles. The van der Waals surface area contributed by atoms with Gasteiger partial charge in [-0.3, -0.25) is 4.98 Å². The van der Waals surface area contributed by atoms with Crippen LogP contribution in [0, 0.1) is 0 Å². The fourth-order valence-corrected chi connectivity index (χ4v) is 5.11. The van der Waals surface area contributed by atoms with Crippen molar-refractivity contribution >= 4 is 17.0 Å². The van der Waals surface area contributed by atoms with E-state index in [2.05, 4.69) is 49.0 Å². The number of benzene rings is 1. The summed E-state index contributed by atoms with van der Waals surface area (Å²) in [5.41, 5.74) is 14.1. The number of rotatable bonds is 6. The van der Waals surface area contributed by atoms with Crippen LogP contribution in [0.2, 0.25) is 0 Å². The summed E-state index contributed by atoms with van der Waals surface area (Å²) in [6.07, 6.45) is 7.15. The van der Waals surface area contributed by atoms with Gasteiger partial charge in [-0.05, 0) is 44.7 Å². The highest BCUT2D eigenvalue weighted by Crippen LogP contribution is 2.35. The molecule has 4 heterocycles. The molecule has 0 saturated carbocycles. The summed E-state index contributed by atoms with van der Waals surface area (Å²) in [6.45, 7) is 10.7. The maximum absolute atomic E-state index is 6.65. The van der Waals surface area contributed by atoms with Crippen LogP contribution in [0.15, 0.2) is 61.4 Å². The predicted octanol–water partition coefficient (Wildman–Crippen LogP) is 5.71. The Bertz CT molecular complexity index is 1320. The number of hydrogen-bond donors (Lipinski definition) is 2. The Kier molecular flexibility index (Phi) is 5.92. The van der Waals surface area contributed by atoms with Crippen LogP contribution in [0.4, 0.5) is 5.82 Å². The average Bonchev–Trinajstić information content (AvgIpc) is 3.45. The second-order valence-electron chi connectivity index (χ2n) is 9.61. The number of nitrogens with zero attached hydrogens (tertiary/aromatic N) is 4. The number of nitrogens with one attached hydrogen (secondary N) is 1. The number of pyridine rings is 1. The first-order valence-corrected chi connectivity index (χ1v) is 12.0. The molecule has 1 saturated heterocycles. The lowest BCUT2D eigenvalue weighted by atomic mass is 9.92. The van der Waals surface area contributed by atoms with E-state index >= 15 is 0 Å². The number of nitrogen functional groups attached to an aromatic ring is 1. The molecule has 3 aromatic heterocycles. The van der Waals surface area contributed by atoms with Crippen molar-refractivity contribution < 1.29 is 0 Å². The van der Waals surface area contributed by atoms with Crippen LogP contribution >= 0.6 is 0 Å². The Balaban J connectivity index is 1.55. The number of aromatic nitrogens is 4. The van der Waals surface area contributed by atoms with Crippen LogP contribution in [0.1, 0.15) is 57.2 Å². The standard InChI is InChI=1S/C28H32N6/c1-17(2)25-26(18(3)14-22-12-10-19(4)32-22)33-28-23(16-31-34(28)27(25)29)21-11-13-24(30-15-21)20-8-6-5-7-9-20/h5-9,11,13,15-16,18-19,22,32H,1,10,12,14,29H2,2-4H3. The van der Waals surface area contributed by atoms with Crippen LogP contribution in [0.25, 0.3) is 33.6 Å². The van der Waals surface area contributed by atoms with Gasteiger partial charge in [0.25, 0.3) is 0 Å². The van der Waals surface area contributed by atoms with Gasteiger partial charge >= 0.3 is 0 Å². The zero-order valence-electron chi connectivity index (χ0n) is 20.1. The molecule has 0 radical (unpaired) electrons. The first-order valence-electron chi connectivity index (χ1n) is 12.0. The minimum Gasteiger partial charge on any atom is -0.383 e. The summed E-state index contributed by atoms with van der Waals surface area (Å²) < 4.78 is 1.73. The Labute approximate surface area is 200 Å². The molecule has 3 unspecified atom stereocenters. The van der Waals surface area contributed by atoms with Gasteiger partial charge in [0.05, 0.1) is 17.6 Å². The van der Waals surface area contributed by atoms with E-state index in [-0.39, 0.29) is 5.92 Å². The van der Waals surface area contributed by atoms with Gasteiger partial charge in [0.1, 0.15) is 5.82 Å². The summed E-state index contributed by atoms with van der Waals surface area (Å²) in [6, 6.07) is 15.4. The summed E-state index contributed by atoms with van der Waals surface area (Å²) in [7, 11) is 0. The van der Waals surface area contributed by atoms with Gasteiger partial charge in [-0.25, -0.2) is 4.98 Å². The summed E-state index contributed by atoms with van der Waals surface area (Å²) in [5, 5.41) is 8.28. The molecular weight excluding hydrogens is 420 g/mol. The first kappa shape index (κ1) is 22.3. The molecule has 0 aliphatic carbocycles. The van der Waals surface area contributed by atoms with E-state index in [9.17, 15) is 0 Å². The van der Waals surface area contributed by atoms with Crippen molar-refractivity contribution in [3.05, 3.63) is 72.7 Å². The SMILES string of the molecule is C=C(C)c1c(C(C)CC2CCC(C)N2)nc2c(-c3ccc(-c4ccccc4)nc3)cnn2c1N. The van der Waals surface area contributed by atoms with Crippen LogP contribution in [0.3, 0.4) is 0 Å². The van der Waals surface area contributed by atoms with Crippen molar-refractivity contribution in [2.45, 2.75) is 58.0 Å². The van der Waals surface area contributed by atoms with E-state index in [4.69, 9.17) is 15.7 Å². The van der Waals surface area contributed by atoms with Gasteiger partial charge in [-0.1, -0.05) is 49.9 Å². The van der Waals surface area contributed by atoms with Crippen molar-refractivity contribution in [1.82, 2.24) is 24.9 Å². The number of allylic oxidation sites excluding steroid dienone is 1. The largest absolute Gasteiger partial charge is 0.383 e. The maximum Gasteiger partial charge on any atom is 0.165 e. The van der Waals surface area contributed by atoms with Crippen molar-refractivity contribution in [2.24, 2.45) is 0 Å². The highest BCUT2D eigenvalue weighted by Gasteiger charge is 2.26. The Morgan fingerprint density at radius 2 is 1.94 bits per heavy atom. The third-order valence-corrected chi connectivity index (χ3v) is 6.85. The van der Waals surface area contributed by atoms with Crippen molar-refractivity contribution in [3.8, 4) is 22.4 Å². The molecule has 1 fully saturated rings. The van der Waals surface area contributed by atoms with Crippen LogP contribution < -0.4 is 11.1 Å². The zero-order valence-corrected chi connectivity index (χ0v) is 20.1. The molecule has 5 rings (SSSR count). The molecule has 34 heavy (non-hydrogen) atoms. The van der Waals surface area contributed by atoms with E-state index in [1.165, 1.54) is 12.8 Å². The fourth-order valence-electron chi connectivity index (χ4n) is 5.11.